The molecule has 2 aromatic rings. The lowest BCUT2D eigenvalue weighted by molar-refractivity contribution is 0.0940. The Morgan fingerprint density at radius 1 is 1.53 bits per heavy atom. The summed E-state index contributed by atoms with van der Waals surface area (Å²) < 4.78 is 0. The Morgan fingerprint density at radius 3 is 2.95 bits per heavy atom. The minimum absolute atomic E-state index is 0.171. The molecule has 1 unspecified atom stereocenters. The second-order valence-electron chi connectivity index (χ2n) is 4.06. The summed E-state index contributed by atoms with van der Waals surface area (Å²) >= 11 is 5.89. The Morgan fingerprint density at radius 2 is 2.32 bits per heavy atom. The van der Waals surface area contributed by atoms with E-state index in [9.17, 15) is 4.79 Å². The Hall–Kier alpha value is -2.05. The van der Waals surface area contributed by atoms with Crippen molar-refractivity contribution in [1.82, 2.24) is 15.5 Å². The summed E-state index contributed by atoms with van der Waals surface area (Å²) in [6.45, 7) is 1.86. The molecule has 0 bridgehead atoms. The van der Waals surface area contributed by atoms with Crippen molar-refractivity contribution in [2.75, 3.05) is 5.43 Å². The van der Waals surface area contributed by atoms with Gasteiger partial charge in [0.15, 0.2) is 0 Å². The normalized spacial score (nSPS) is 11.9. The van der Waals surface area contributed by atoms with E-state index >= 15 is 0 Å². The van der Waals surface area contributed by atoms with E-state index in [0.717, 1.165) is 5.56 Å². The molecular formula is C12H14ClN5O. The zero-order valence-corrected chi connectivity index (χ0v) is 11.0. The number of aromatic amines is 1. The van der Waals surface area contributed by atoms with Crippen LogP contribution in [0.2, 0.25) is 5.02 Å². The number of H-pyrrole nitrogens is 1. The van der Waals surface area contributed by atoms with Crippen LogP contribution in [0.1, 0.15) is 28.9 Å². The number of carbonyl (C=O) groups excluding carboxylic acids is 1. The number of halogens is 1. The van der Waals surface area contributed by atoms with Crippen molar-refractivity contribution in [3.8, 4) is 0 Å². The number of nitrogen functional groups attached to an aromatic ring is 1. The first-order chi connectivity index (χ1) is 9.11. The van der Waals surface area contributed by atoms with Crippen LogP contribution in [-0.2, 0) is 0 Å². The number of hydrogen-bond acceptors (Lipinski definition) is 4. The lowest BCUT2D eigenvalue weighted by atomic mass is 10.1. The first kappa shape index (κ1) is 13.4. The summed E-state index contributed by atoms with van der Waals surface area (Å²) in [6, 6.07) is 4.71. The third-order valence-electron chi connectivity index (χ3n) is 2.75. The average Bonchev–Trinajstić information content (AvgIpc) is 2.92. The quantitative estimate of drug-likeness (QED) is 0.507. The van der Waals surface area contributed by atoms with Gasteiger partial charge in [0.25, 0.3) is 5.91 Å². The topological polar surface area (TPSA) is 95.8 Å². The molecule has 1 amide bonds. The maximum atomic E-state index is 12.2. The van der Waals surface area contributed by atoms with E-state index in [1.807, 2.05) is 6.92 Å². The Bertz CT molecular complexity index is 570. The molecule has 0 aliphatic rings. The van der Waals surface area contributed by atoms with Gasteiger partial charge in [0.1, 0.15) is 0 Å². The highest BCUT2D eigenvalue weighted by molar-refractivity contribution is 6.31. The summed E-state index contributed by atoms with van der Waals surface area (Å²) in [4.78, 5) is 12.2. The predicted molar refractivity (Wildman–Crippen MR) is 73.7 cm³/mol. The van der Waals surface area contributed by atoms with Crippen LogP contribution in [0.5, 0.6) is 0 Å². The Balaban J connectivity index is 2.18. The van der Waals surface area contributed by atoms with Crippen molar-refractivity contribution in [3.63, 3.8) is 0 Å². The number of nitrogens with zero attached hydrogens (tertiary/aromatic N) is 1. The second kappa shape index (κ2) is 5.73. The number of nitrogens with two attached hydrogens (primary N) is 1. The lowest BCUT2D eigenvalue weighted by Crippen LogP contribution is -2.27. The molecular weight excluding hydrogens is 266 g/mol. The standard InChI is InChI=1S/C12H14ClN5O/c1-7(8-5-15-16-6-8)17-12(19)10-4-9(13)2-3-11(10)18-14/h2-7,18H,14H2,1H3,(H,15,16)(H,17,19). The molecule has 0 spiro atoms. The van der Waals surface area contributed by atoms with Gasteiger partial charge in [0.05, 0.1) is 23.5 Å². The first-order valence-electron chi connectivity index (χ1n) is 5.67. The molecule has 1 atom stereocenters. The molecule has 0 saturated heterocycles. The van der Waals surface area contributed by atoms with Crippen LogP contribution in [0, 0.1) is 0 Å². The second-order valence-corrected chi connectivity index (χ2v) is 4.50. The minimum Gasteiger partial charge on any atom is -0.345 e. The number of hydrazine groups is 1. The zero-order valence-electron chi connectivity index (χ0n) is 10.3. The van der Waals surface area contributed by atoms with Gasteiger partial charge in [-0.3, -0.25) is 15.7 Å². The molecule has 5 N–H and O–H groups in total. The van der Waals surface area contributed by atoms with Gasteiger partial charge in [-0.1, -0.05) is 11.6 Å². The number of benzene rings is 1. The number of aromatic nitrogens is 2. The number of amides is 1. The number of anilines is 1. The maximum absolute atomic E-state index is 12.2. The summed E-state index contributed by atoms with van der Waals surface area (Å²) in [5.41, 5.74) is 4.27. The third kappa shape index (κ3) is 3.04. The molecule has 1 aromatic carbocycles. The van der Waals surface area contributed by atoms with Crippen LogP contribution in [0.4, 0.5) is 5.69 Å². The molecule has 19 heavy (non-hydrogen) atoms. The van der Waals surface area contributed by atoms with Gasteiger partial charge in [-0.2, -0.15) is 5.10 Å². The summed E-state index contributed by atoms with van der Waals surface area (Å²) in [5, 5.41) is 9.86. The van der Waals surface area contributed by atoms with E-state index in [4.69, 9.17) is 17.4 Å². The molecule has 0 radical (unpaired) electrons. The Kier molecular flexibility index (Phi) is 4.03. The third-order valence-corrected chi connectivity index (χ3v) is 2.98. The molecule has 1 heterocycles. The van der Waals surface area contributed by atoms with Crippen LogP contribution in [0.25, 0.3) is 0 Å². The average molecular weight is 280 g/mol. The van der Waals surface area contributed by atoms with Crippen LogP contribution in [0.3, 0.4) is 0 Å². The van der Waals surface area contributed by atoms with Gasteiger partial charge >= 0.3 is 0 Å². The van der Waals surface area contributed by atoms with Crippen molar-refractivity contribution in [3.05, 3.63) is 46.7 Å². The van der Waals surface area contributed by atoms with E-state index < -0.39 is 0 Å². The highest BCUT2D eigenvalue weighted by Crippen LogP contribution is 2.21. The molecule has 6 nitrogen and oxygen atoms in total. The van der Waals surface area contributed by atoms with Crippen molar-refractivity contribution >= 4 is 23.2 Å². The van der Waals surface area contributed by atoms with Crippen LogP contribution in [0.15, 0.2) is 30.6 Å². The van der Waals surface area contributed by atoms with Crippen molar-refractivity contribution in [2.24, 2.45) is 5.84 Å². The molecule has 0 aliphatic carbocycles. The van der Waals surface area contributed by atoms with Crippen molar-refractivity contribution < 1.29 is 4.79 Å². The molecule has 100 valence electrons. The van der Waals surface area contributed by atoms with Gasteiger partial charge in [0.2, 0.25) is 0 Å². The van der Waals surface area contributed by atoms with Crippen molar-refractivity contribution in [2.45, 2.75) is 13.0 Å². The van der Waals surface area contributed by atoms with E-state index in [0.29, 0.717) is 16.3 Å². The largest absolute Gasteiger partial charge is 0.345 e. The number of hydrogen-bond donors (Lipinski definition) is 4. The SMILES string of the molecule is CC(NC(=O)c1cc(Cl)ccc1NN)c1cn[nH]c1. The van der Waals surface area contributed by atoms with E-state index in [-0.39, 0.29) is 11.9 Å². The highest BCUT2D eigenvalue weighted by atomic mass is 35.5. The molecule has 0 aliphatic heterocycles. The molecule has 2 rings (SSSR count). The fraction of sp³-hybridized carbons (Fsp3) is 0.167. The summed E-state index contributed by atoms with van der Waals surface area (Å²) in [6.07, 6.45) is 3.38. The lowest BCUT2D eigenvalue weighted by Gasteiger charge is -2.14. The summed E-state index contributed by atoms with van der Waals surface area (Å²) in [7, 11) is 0. The smallest absolute Gasteiger partial charge is 0.253 e. The van der Waals surface area contributed by atoms with Gasteiger partial charge in [-0.15, -0.1) is 0 Å². The van der Waals surface area contributed by atoms with E-state index in [1.54, 1.807) is 30.6 Å². The Labute approximate surface area is 115 Å². The van der Waals surface area contributed by atoms with E-state index in [2.05, 4.69) is 20.9 Å². The first-order valence-corrected chi connectivity index (χ1v) is 6.05. The fourth-order valence-electron chi connectivity index (χ4n) is 1.69. The minimum atomic E-state index is -0.260. The van der Waals surface area contributed by atoms with Crippen molar-refractivity contribution in [1.29, 1.82) is 0 Å². The van der Waals surface area contributed by atoms with Gasteiger partial charge < -0.3 is 10.7 Å². The fourth-order valence-corrected chi connectivity index (χ4v) is 1.86. The molecule has 7 heteroatoms. The molecule has 0 saturated carbocycles. The van der Waals surface area contributed by atoms with Crippen LogP contribution >= 0.6 is 11.6 Å². The molecule has 0 fully saturated rings. The molecule has 1 aromatic heterocycles. The van der Waals surface area contributed by atoms with Gasteiger partial charge in [-0.25, -0.2) is 0 Å². The maximum Gasteiger partial charge on any atom is 0.253 e. The van der Waals surface area contributed by atoms with Crippen LogP contribution in [-0.4, -0.2) is 16.1 Å². The van der Waals surface area contributed by atoms with E-state index in [1.165, 1.54) is 0 Å². The monoisotopic (exact) mass is 279 g/mol. The predicted octanol–water partition coefficient (Wildman–Crippen LogP) is 1.84. The zero-order chi connectivity index (χ0) is 13.8. The van der Waals surface area contributed by atoms with Gasteiger partial charge in [-0.05, 0) is 25.1 Å². The van der Waals surface area contributed by atoms with Crippen LogP contribution < -0.4 is 16.6 Å². The number of nitrogens with one attached hydrogen (secondary N) is 3. The summed E-state index contributed by atoms with van der Waals surface area (Å²) in [5.74, 6) is 5.12. The number of carbonyl (C=O) groups is 1. The number of rotatable bonds is 4. The van der Waals surface area contributed by atoms with Gasteiger partial charge in [0, 0.05) is 16.8 Å². The highest BCUT2D eigenvalue weighted by Gasteiger charge is 2.15.